The highest BCUT2D eigenvalue weighted by atomic mass is 15.2. The molecule has 0 saturated carbocycles. The van der Waals surface area contributed by atoms with Gasteiger partial charge in [-0.25, -0.2) is 0 Å². The molecule has 0 amide bonds. The number of nitrogens with zero attached hydrogens (tertiary/aromatic N) is 2. The summed E-state index contributed by atoms with van der Waals surface area (Å²) in [6.45, 7) is 3.89. The van der Waals surface area contributed by atoms with Crippen LogP contribution in [0, 0.1) is 6.92 Å². The smallest absolute Gasteiger partial charge is 0.157 e. The van der Waals surface area contributed by atoms with Crippen LogP contribution in [0.4, 0.5) is 5.82 Å². The number of fused-ring (bicyclic) bond motifs is 1. The van der Waals surface area contributed by atoms with Crippen LogP contribution in [0.1, 0.15) is 5.56 Å². The van der Waals surface area contributed by atoms with Gasteiger partial charge in [0.15, 0.2) is 5.82 Å². The Bertz CT molecular complexity index is 429. The lowest BCUT2D eigenvalue weighted by atomic mass is 10.2. The van der Waals surface area contributed by atoms with Gasteiger partial charge in [-0.05, 0) is 24.6 Å². The first-order valence-electron chi connectivity index (χ1n) is 4.16. The van der Waals surface area contributed by atoms with Crippen LogP contribution < -0.4 is 4.90 Å². The number of hydrogen-bond donors (Lipinski definition) is 1. The van der Waals surface area contributed by atoms with Crippen LogP contribution in [0.15, 0.2) is 18.2 Å². The van der Waals surface area contributed by atoms with Crippen LogP contribution >= 0.6 is 0 Å². The van der Waals surface area contributed by atoms with Crippen LogP contribution in [-0.2, 0) is 0 Å². The number of hydrogen-bond acceptors (Lipinski definition) is 2. The Labute approximate surface area is 77.4 Å². The van der Waals surface area contributed by atoms with Crippen molar-refractivity contribution < 1.29 is 0 Å². The number of aromatic nitrogens is 2. The van der Waals surface area contributed by atoms with Gasteiger partial charge >= 0.3 is 0 Å². The first kappa shape index (κ1) is 8.10. The summed E-state index contributed by atoms with van der Waals surface area (Å²) in [5.74, 6) is 0.959. The molecular formula is C10H12N3. The minimum Gasteiger partial charge on any atom is -0.361 e. The molecule has 1 aromatic heterocycles. The zero-order valence-electron chi connectivity index (χ0n) is 7.83. The molecule has 0 aliphatic carbocycles. The molecule has 1 aromatic carbocycles. The molecule has 13 heavy (non-hydrogen) atoms. The Balaban J connectivity index is 2.71. The summed E-state index contributed by atoms with van der Waals surface area (Å²) >= 11 is 0. The van der Waals surface area contributed by atoms with Crippen molar-refractivity contribution in [2.45, 2.75) is 0 Å². The number of anilines is 1. The third-order valence-corrected chi connectivity index (χ3v) is 2.03. The Kier molecular flexibility index (Phi) is 1.72. The Morgan fingerprint density at radius 3 is 2.85 bits per heavy atom. The van der Waals surface area contributed by atoms with Crippen molar-refractivity contribution in [3.63, 3.8) is 0 Å². The molecule has 67 valence electrons. The van der Waals surface area contributed by atoms with Crippen LogP contribution in [0.3, 0.4) is 0 Å². The average Bonchev–Trinajstić information content (AvgIpc) is 2.46. The van der Waals surface area contributed by atoms with E-state index in [2.05, 4.69) is 17.1 Å². The van der Waals surface area contributed by atoms with E-state index in [9.17, 15) is 0 Å². The highest BCUT2D eigenvalue weighted by Gasteiger charge is 2.06. The fourth-order valence-electron chi connectivity index (χ4n) is 1.39. The van der Waals surface area contributed by atoms with Gasteiger partial charge in [0.1, 0.15) is 0 Å². The van der Waals surface area contributed by atoms with E-state index in [1.807, 2.05) is 37.2 Å². The van der Waals surface area contributed by atoms with E-state index in [0.29, 0.717) is 0 Å². The predicted molar refractivity (Wildman–Crippen MR) is 54.9 cm³/mol. The van der Waals surface area contributed by atoms with Gasteiger partial charge in [-0.3, -0.25) is 5.10 Å². The zero-order chi connectivity index (χ0) is 9.42. The Hall–Kier alpha value is -1.51. The lowest BCUT2D eigenvalue weighted by molar-refractivity contribution is 1.02. The Morgan fingerprint density at radius 2 is 2.15 bits per heavy atom. The summed E-state index contributed by atoms with van der Waals surface area (Å²) in [6.07, 6.45) is 0. The third kappa shape index (κ3) is 1.26. The predicted octanol–water partition coefficient (Wildman–Crippen LogP) is 1.81. The molecular weight excluding hydrogens is 162 g/mol. The fourth-order valence-corrected chi connectivity index (χ4v) is 1.39. The van der Waals surface area contributed by atoms with Gasteiger partial charge in [-0.1, -0.05) is 6.07 Å². The standard InChI is InChI=1S/C10H12N3/c1-7-4-5-9-8(6-7)10(12-11-9)13(2)3/h4-6H,1H2,2-3H3,(H,11,12). The van der Waals surface area contributed by atoms with Gasteiger partial charge in [-0.15, -0.1) is 0 Å². The van der Waals surface area contributed by atoms with E-state index in [4.69, 9.17) is 0 Å². The second-order valence-corrected chi connectivity index (χ2v) is 3.32. The van der Waals surface area contributed by atoms with Gasteiger partial charge in [0.25, 0.3) is 0 Å². The minimum absolute atomic E-state index is 0.959. The number of rotatable bonds is 1. The quantitative estimate of drug-likeness (QED) is 0.715. The zero-order valence-corrected chi connectivity index (χ0v) is 7.83. The molecule has 1 heterocycles. The third-order valence-electron chi connectivity index (χ3n) is 2.03. The summed E-state index contributed by atoms with van der Waals surface area (Å²) in [5.41, 5.74) is 2.06. The molecule has 0 atom stereocenters. The van der Waals surface area contributed by atoms with E-state index in [1.54, 1.807) is 0 Å². The monoisotopic (exact) mass is 174 g/mol. The molecule has 3 nitrogen and oxygen atoms in total. The number of H-pyrrole nitrogens is 1. The van der Waals surface area contributed by atoms with Crippen molar-refractivity contribution >= 4 is 16.7 Å². The van der Waals surface area contributed by atoms with Crippen molar-refractivity contribution in [2.75, 3.05) is 19.0 Å². The summed E-state index contributed by atoms with van der Waals surface area (Å²) in [7, 11) is 3.96. The van der Waals surface area contributed by atoms with E-state index >= 15 is 0 Å². The van der Waals surface area contributed by atoms with Gasteiger partial charge < -0.3 is 4.90 Å². The average molecular weight is 174 g/mol. The maximum Gasteiger partial charge on any atom is 0.157 e. The van der Waals surface area contributed by atoms with E-state index in [1.165, 1.54) is 0 Å². The SMILES string of the molecule is [CH2]c1ccc2[nH]nc(N(C)C)c2c1. The van der Waals surface area contributed by atoms with Crippen LogP contribution in [0.5, 0.6) is 0 Å². The normalized spacial score (nSPS) is 10.7. The van der Waals surface area contributed by atoms with E-state index < -0.39 is 0 Å². The van der Waals surface area contributed by atoms with Crippen molar-refractivity contribution in [3.8, 4) is 0 Å². The van der Waals surface area contributed by atoms with E-state index in [0.717, 1.165) is 22.3 Å². The molecule has 2 rings (SSSR count). The molecule has 0 saturated heterocycles. The lowest BCUT2D eigenvalue weighted by Gasteiger charge is -2.07. The Morgan fingerprint density at radius 1 is 1.38 bits per heavy atom. The number of benzene rings is 1. The highest BCUT2D eigenvalue weighted by molar-refractivity contribution is 5.90. The van der Waals surface area contributed by atoms with Gasteiger partial charge in [0.2, 0.25) is 0 Å². The van der Waals surface area contributed by atoms with Gasteiger partial charge in [0, 0.05) is 19.5 Å². The number of aromatic amines is 1. The second kappa shape index (κ2) is 2.76. The molecule has 0 aliphatic heterocycles. The maximum absolute atomic E-state index is 4.21. The first-order valence-corrected chi connectivity index (χ1v) is 4.16. The van der Waals surface area contributed by atoms with Crippen LogP contribution in [-0.4, -0.2) is 24.3 Å². The fraction of sp³-hybridized carbons (Fsp3) is 0.200. The van der Waals surface area contributed by atoms with E-state index in [-0.39, 0.29) is 0 Å². The first-order chi connectivity index (χ1) is 6.18. The van der Waals surface area contributed by atoms with Crippen molar-refractivity contribution in [2.24, 2.45) is 0 Å². The molecule has 1 radical (unpaired) electrons. The summed E-state index contributed by atoms with van der Waals surface area (Å²) in [5, 5.41) is 8.31. The second-order valence-electron chi connectivity index (χ2n) is 3.32. The van der Waals surface area contributed by atoms with Crippen molar-refractivity contribution in [3.05, 3.63) is 30.7 Å². The molecule has 0 bridgehead atoms. The number of nitrogens with one attached hydrogen (secondary N) is 1. The maximum atomic E-state index is 4.21. The molecule has 0 unspecified atom stereocenters. The van der Waals surface area contributed by atoms with Gasteiger partial charge in [-0.2, -0.15) is 5.10 Å². The highest BCUT2D eigenvalue weighted by Crippen LogP contribution is 2.22. The topological polar surface area (TPSA) is 31.9 Å². The molecule has 3 heteroatoms. The largest absolute Gasteiger partial charge is 0.361 e. The molecule has 0 spiro atoms. The van der Waals surface area contributed by atoms with Crippen LogP contribution in [0.2, 0.25) is 0 Å². The molecule has 0 fully saturated rings. The lowest BCUT2D eigenvalue weighted by Crippen LogP contribution is -2.09. The molecule has 2 aromatic rings. The van der Waals surface area contributed by atoms with Crippen LogP contribution in [0.25, 0.3) is 10.9 Å². The molecule has 0 aliphatic rings. The summed E-state index contributed by atoms with van der Waals surface area (Å²) in [4.78, 5) is 1.98. The van der Waals surface area contributed by atoms with Crippen molar-refractivity contribution in [1.29, 1.82) is 0 Å². The summed E-state index contributed by atoms with van der Waals surface area (Å²) < 4.78 is 0. The molecule has 1 N–H and O–H groups in total. The van der Waals surface area contributed by atoms with Gasteiger partial charge in [0.05, 0.1) is 5.52 Å². The van der Waals surface area contributed by atoms with Crippen molar-refractivity contribution in [1.82, 2.24) is 10.2 Å². The minimum atomic E-state index is 0.959. The summed E-state index contributed by atoms with van der Waals surface area (Å²) in [6, 6.07) is 6.01.